The van der Waals surface area contributed by atoms with Gasteiger partial charge in [-0.2, -0.15) is 0 Å². The molecule has 0 amide bonds. The fraction of sp³-hybridized carbons (Fsp3) is 0.939. The third-order valence-corrected chi connectivity index (χ3v) is 11.0. The van der Waals surface area contributed by atoms with Crippen molar-refractivity contribution in [3.8, 4) is 0 Å². The zero-order valence-corrected chi connectivity index (χ0v) is 37.4. The molecule has 0 aliphatic heterocycles. The molecule has 0 heterocycles. The molecule has 326 valence electrons. The summed E-state index contributed by atoms with van der Waals surface area (Å²) in [5.74, 6) is -0.0719. The molecule has 1 atom stereocenters. The second-order valence-electron chi connectivity index (χ2n) is 17.2. The van der Waals surface area contributed by atoms with E-state index in [1.807, 2.05) is 0 Å². The predicted molar refractivity (Wildman–Crippen MR) is 233 cm³/mol. The van der Waals surface area contributed by atoms with Gasteiger partial charge in [-0.05, 0) is 25.2 Å². The molecule has 0 aliphatic rings. The molecule has 0 rings (SSSR count). The van der Waals surface area contributed by atoms with E-state index in [0.717, 1.165) is 63.7 Å². The van der Waals surface area contributed by atoms with Crippen LogP contribution >= 0.6 is 0 Å². The lowest BCUT2D eigenvalue weighted by Crippen LogP contribution is -2.30. The second-order valence-corrected chi connectivity index (χ2v) is 17.2. The van der Waals surface area contributed by atoms with E-state index < -0.39 is 6.10 Å². The highest BCUT2D eigenvalue weighted by molar-refractivity contribution is 5.71. The van der Waals surface area contributed by atoms with Crippen molar-refractivity contribution in [3.05, 3.63) is 0 Å². The van der Waals surface area contributed by atoms with E-state index in [0.29, 0.717) is 19.3 Å². The summed E-state index contributed by atoms with van der Waals surface area (Å²) in [7, 11) is 0. The van der Waals surface area contributed by atoms with Gasteiger partial charge in [0.15, 0.2) is 6.10 Å². The van der Waals surface area contributed by atoms with E-state index >= 15 is 0 Å². The van der Waals surface area contributed by atoms with Gasteiger partial charge >= 0.3 is 17.9 Å². The Morgan fingerprint density at radius 2 is 0.600 bits per heavy atom. The van der Waals surface area contributed by atoms with Crippen LogP contribution in [-0.2, 0) is 28.6 Å². The maximum atomic E-state index is 12.7. The predicted octanol–water partition coefficient (Wildman–Crippen LogP) is 15.5. The minimum Gasteiger partial charge on any atom is -0.462 e. The van der Waals surface area contributed by atoms with Crippen LogP contribution in [0.3, 0.4) is 0 Å². The van der Waals surface area contributed by atoms with Gasteiger partial charge in [0.25, 0.3) is 0 Å². The zero-order valence-electron chi connectivity index (χ0n) is 37.4. The maximum absolute atomic E-state index is 12.7. The number of carbonyl (C=O) groups is 3. The Bertz CT molecular complexity index is 826. The minimum atomic E-state index is -0.759. The molecular weight excluding hydrogens is 685 g/mol. The molecule has 0 aromatic carbocycles. The van der Waals surface area contributed by atoms with E-state index in [9.17, 15) is 14.4 Å². The van der Waals surface area contributed by atoms with Gasteiger partial charge in [-0.1, -0.05) is 233 Å². The van der Waals surface area contributed by atoms with Crippen LogP contribution in [0.2, 0.25) is 0 Å². The van der Waals surface area contributed by atoms with E-state index in [2.05, 4.69) is 27.7 Å². The van der Waals surface area contributed by atoms with Crippen LogP contribution in [0.4, 0.5) is 0 Å². The summed E-state index contributed by atoms with van der Waals surface area (Å²) in [5, 5.41) is 0. The van der Waals surface area contributed by atoms with E-state index in [4.69, 9.17) is 14.2 Å². The lowest BCUT2D eigenvalue weighted by Gasteiger charge is -2.18. The fourth-order valence-corrected chi connectivity index (χ4v) is 7.33. The van der Waals surface area contributed by atoms with Crippen LogP contribution in [-0.4, -0.2) is 37.2 Å². The molecule has 0 radical (unpaired) electrons. The third-order valence-electron chi connectivity index (χ3n) is 11.0. The van der Waals surface area contributed by atoms with Crippen LogP contribution in [0.5, 0.6) is 0 Å². The van der Waals surface area contributed by atoms with Gasteiger partial charge in [0, 0.05) is 19.3 Å². The van der Waals surface area contributed by atoms with Crippen molar-refractivity contribution < 1.29 is 28.6 Å². The molecule has 55 heavy (non-hydrogen) atoms. The summed E-state index contributed by atoms with van der Waals surface area (Å²) in [6.07, 6.45) is 43.8. The number of rotatable bonds is 44. The lowest BCUT2D eigenvalue weighted by molar-refractivity contribution is -0.167. The lowest BCUT2D eigenvalue weighted by atomic mass is 10.0. The number of esters is 3. The summed E-state index contributed by atoms with van der Waals surface area (Å²) in [6.45, 7) is 8.95. The number of unbranched alkanes of at least 4 members (excludes halogenated alkanes) is 31. The van der Waals surface area contributed by atoms with E-state index in [1.54, 1.807) is 0 Å². The van der Waals surface area contributed by atoms with Crippen LogP contribution < -0.4 is 0 Å². The van der Waals surface area contributed by atoms with Crippen LogP contribution in [0.1, 0.15) is 272 Å². The largest absolute Gasteiger partial charge is 0.462 e. The van der Waals surface area contributed by atoms with Crippen molar-refractivity contribution in [3.63, 3.8) is 0 Å². The summed E-state index contributed by atoms with van der Waals surface area (Å²) in [6, 6.07) is 0. The molecule has 0 bridgehead atoms. The van der Waals surface area contributed by atoms with Crippen LogP contribution in [0.25, 0.3) is 0 Å². The standard InChI is InChI=1S/C49H94O6/c1-5-7-9-11-13-15-17-18-19-20-21-22-23-25-29-34-38-42-49(52)55-46(43-53-47(50)40-36-32-28-24-16-14-12-10-8-6-2)44-54-48(51)41-37-33-30-26-27-31-35-39-45(3)4/h45-46H,5-44H2,1-4H3/t46-/m1/s1. The molecule has 6 heteroatoms. The fourth-order valence-electron chi connectivity index (χ4n) is 7.33. The van der Waals surface area contributed by atoms with Crippen molar-refractivity contribution in [1.29, 1.82) is 0 Å². The van der Waals surface area contributed by atoms with Gasteiger partial charge < -0.3 is 14.2 Å². The van der Waals surface area contributed by atoms with Crippen molar-refractivity contribution in [1.82, 2.24) is 0 Å². The van der Waals surface area contributed by atoms with Gasteiger partial charge in [0.2, 0.25) is 0 Å². The first kappa shape index (κ1) is 53.4. The molecule has 0 fully saturated rings. The summed E-state index contributed by atoms with van der Waals surface area (Å²) >= 11 is 0. The highest BCUT2D eigenvalue weighted by atomic mass is 16.6. The normalized spacial score (nSPS) is 11.9. The Kier molecular flexibility index (Phi) is 42.3. The van der Waals surface area contributed by atoms with Crippen molar-refractivity contribution >= 4 is 17.9 Å². The van der Waals surface area contributed by atoms with Gasteiger partial charge in [0.05, 0.1) is 0 Å². The Morgan fingerprint density at radius 1 is 0.345 bits per heavy atom. The Labute approximate surface area is 342 Å². The Balaban J connectivity index is 4.27. The molecular formula is C49H94O6. The van der Waals surface area contributed by atoms with E-state index in [-0.39, 0.29) is 31.1 Å². The molecule has 0 saturated heterocycles. The minimum absolute atomic E-state index is 0.0640. The SMILES string of the molecule is CCCCCCCCCCCCCCCCCCCC(=O)O[C@H](COC(=O)CCCCCCCCCCCC)COC(=O)CCCCCCCCCC(C)C. The monoisotopic (exact) mass is 779 g/mol. The number of hydrogen-bond acceptors (Lipinski definition) is 6. The highest BCUT2D eigenvalue weighted by Crippen LogP contribution is 2.16. The molecule has 6 nitrogen and oxygen atoms in total. The Hall–Kier alpha value is -1.59. The van der Waals surface area contributed by atoms with Crippen LogP contribution in [0.15, 0.2) is 0 Å². The maximum Gasteiger partial charge on any atom is 0.306 e. The molecule has 0 unspecified atom stereocenters. The van der Waals surface area contributed by atoms with Crippen molar-refractivity contribution in [2.45, 2.75) is 278 Å². The second kappa shape index (κ2) is 43.5. The summed E-state index contributed by atoms with van der Waals surface area (Å²) < 4.78 is 16.7. The van der Waals surface area contributed by atoms with Crippen molar-refractivity contribution in [2.24, 2.45) is 5.92 Å². The average molecular weight is 779 g/mol. The first-order valence-corrected chi connectivity index (χ1v) is 24.4. The first-order valence-electron chi connectivity index (χ1n) is 24.4. The highest BCUT2D eigenvalue weighted by Gasteiger charge is 2.19. The molecule has 0 N–H and O–H groups in total. The van der Waals surface area contributed by atoms with Gasteiger partial charge in [-0.15, -0.1) is 0 Å². The number of hydrogen-bond donors (Lipinski definition) is 0. The number of ether oxygens (including phenoxy) is 3. The average Bonchev–Trinajstić information content (AvgIpc) is 3.17. The topological polar surface area (TPSA) is 78.9 Å². The van der Waals surface area contributed by atoms with Gasteiger partial charge in [-0.25, -0.2) is 0 Å². The molecule has 0 spiro atoms. The van der Waals surface area contributed by atoms with Crippen LogP contribution in [0, 0.1) is 5.92 Å². The van der Waals surface area contributed by atoms with E-state index in [1.165, 1.54) is 167 Å². The quantitative estimate of drug-likeness (QED) is 0.0348. The molecule has 0 aromatic heterocycles. The molecule has 0 saturated carbocycles. The smallest absolute Gasteiger partial charge is 0.306 e. The zero-order chi connectivity index (χ0) is 40.3. The Morgan fingerprint density at radius 3 is 0.891 bits per heavy atom. The molecule has 0 aliphatic carbocycles. The number of carbonyl (C=O) groups excluding carboxylic acids is 3. The van der Waals surface area contributed by atoms with Gasteiger partial charge in [-0.3, -0.25) is 14.4 Å². The van der Waals surface area contributed by atoms with Crippen molar-refractivity contribution in [2.75, 3.05) is 13.2 Å². The summed E-state index contributed by atoms with van der Waals surface area (Å²) in [4.78, 5) is 37.7. The third kappa shape index (κ3) is 43.4. The summed E-state index contributed by atoms with van der Waals surface area (Å²) in [5.41, 5.74) is 0. The van der Waals surface area contributed by atoms with Gasteiger partial charge in [0.1, 0.15) is 13.2 Å². The first-order chi connectivity index (χ1) is 26.9. The molecule has 0 aromatic rings.